The fourth-order valence-electron chi connectivity index (χ4n) is 4.07. The minimum atomic E-state index is 0.742. The Morgan fingerprint density at radius 2 is 1.94 bits per heavy atom. The molecule has 3 nitrogen and oxygen atoms in total. The first kappa shape index (κ1) is 14.3. The van der Waals surface area contributed by atoms with Crippen molar-refractivity contribution in [3.63, 3.8) is 0 Å². The van der Waals surface area contributed by atoms with Crippen LogP contribution in [0.4, 0.5) is 0 Å². The van der Waals surface area contributed by atoms with E-state index in [0.29, 0.717) is 0 Å². The van der Waals surface area contributed by atoms with Crippen LogP contribution in [0.5, 0.6) is 0 Å². The topological polar surface area (TPSA) is 32.5 Å². The number of nitrogens with two attached hydrogens (primary N) is 1. The summed E-state index contributed by atoms with van der Waals surface area (Å²) in [5.41, 5.74) is 6.01. The quantitative estimate of drug-likeness (QED) is 0.831. The second kappa shape index (κ2) is 6.88. The molecule has 106 valence electrons. The molecule has 2 N–H and O–H groups in total. The normalized spacial score (nSPS) is 35.0. The zero-order chi connectivity index (χ0) is 13.0. The van der Waals surface area contributed by atoms with Gasteiger partial charge in [-0.3, -0.25) is 4.90 Å². The molecule has 1 saturated carbocycles. The largest absolute Gasteiger partial charge is 0.330 e. The summed E-state index contributed by atoms with van der Waals surface area (Å²) in [7, 11) is 2.27. The van der Waals surface area contributed by atoms with Crippen LogP contribution in [0.25, 0.3) is 0 Å². The molecule has 2 rings (SSSR count). The van der Waals surface area contributed by atoms with Crippen molar-refractivity contribution in [2.24, 2.45) is 11.7 Å². The third kappa shape index (κ3) is 3.25. The monoisotopic (exact) mass is 253 g/mol. The van der Waals surface area contributed by atoms with Crippen LogP contribution in [0.3, 0.4) is 0 Å². The SMILES string of the molecule is CCN(C1CCCN(C)C1)C1CCCCC1CN. The summed E-state index contributed by atoms with van der Waals surface area (Å²) in [6, 6.07) is 1.52. The second-order valence-corrected chi connectivity index (χ2v) is 6.24. The second-order valence-electron chi connectivity index (χ2n) is 6.24. The van der Waals surface area contributed by atoms with Gasteiger partial charge in [-0.15, -0.1) is 0 Å². The highest BCUT2D eigenvalue weighted by atomic mass is 15.2. The van der Waals surface area contributed by atoms with E-state index in [2.05, 4.69) is 23.8 Å². The summed E-state index contributed by atoms with van der Waals surface area (Å²) in [6.45, 7) is 6.93. The lowest BCUT2D eigenvalue weighted by atomic mass is 9.82. The zero-order valence-corrected chi connectivity index (χ0v) is 12.3. The van der Waals surface area contributed by atoms with Crippen molar-refractivity contribution in [2.75, 3.05) is 33.2 Å². The standard InChI is InChI=1S/C15H31N3/c1-3-18(14-8-6-10-17(2)12-14)15-9-5-4-7-13(15)11-16/h13-15H,3-12,16H2,1-2H3. The zero-order valence-electron chi connectivity index (χ0n) is 12.3. The molecule has 1 aliphatic carbocycles. The molecule has 0 radical (unpaired) electrons. The molecule has 1 aliphatic heterocycles. The van der Waals surface area contributed by atoms with Crippen LogP contribution in [0, 0.1) is 5.92 Å². The highest BCUT2D eigenvalue weighted by Gasteiger charge is 2.33. The van der Waals surface area contributed by atoms with Crippen LogP contribution in [-0.2, 0) is 0 Å². The van der Waals surface area contributed by atoms with E-state index < -0.39 is 0 Å². The van der Waals surface area contributed by atoms with Gasteiger partial charge in [-0.05, 0) is 58.3 Å². The van der Waals surface area contributed by atoms with Gasteiger partial charge in [0.05, 0.1) is 0 Å². The molecule has 2 aliphatic rings. The molecular formula is C15H31N3. The van der Waals surface area contributed by atoms with E-state index >= 15 is 0 Å². The molecule has 18 heavy (non-hydrogen) atoms. The maximum absolute atomic E-state index is 6.01. The van der Waals surface area contributed by atoms with Gasteiger partial charge in [-0.1, -0.05) is 19.8 Å². The van der Waals surface area contributed by atoms with Gasteiger partial charge in [0.25, 0.3) is 0 Å². The summed E-state index contributed by atoms with van der Waals surface area (Å²) >= 11 is 0. The molecule has 0 aromatic rings. The van der Waals surface area contributed by atoms with Gasteiger partial charge < -0.3 is 10.6 Å². The maximum atomic E-state index is 6.01. The molecule has 0 aromatic heterocycles. The fourth-order valence-corrected chi connectivity index (χ4v) is 4.07. The van der Waals surface area contributed by atoms with Gasteiger partial charge in [-0.25, -0.2) is 0 Å². The number of likely N-dealkylation sites (N-methyl/N-ethyl adjacent to an activating group) is 2. The Bertz CT molecular complexity index is 244. The van der Waals surface area contributed by atoms with Crippen LogP contribution in [0.15, 0.2) is 0 Å². The summed E-state index contributed by atoms with van der Waals surface area (Å²) < 4.78 is 0. The molecule has 1 heterocycles. The van der Waals surface area contributed by atoms with Gasteiger partial charge in [0.2, 0.25) is 0 Å². The van der Waals surface area contributed by atoms with Gasteiger partial charge in [0.15, 0.2) is 0 Å². The van der Waals surface area contributed by atoms with E-state index in [-0.39, 0.29) is 0 Å². The molecule has 3 heteroatoms. The smallest absolute Gasteiger partial charge is 0.0226 e. The minimum Gasteiger partial charge on any atom is -0.330 e. The Morgan fingerprint density at radius 3 is 2.61 bits per heavy atom. The lowest BCUT2D eigenvalue weighted by Gasteiger charge is -2.46. The van der Waals surface area contributed by atoms with Gasteiger partial charge in [0, 0.05) is 18.6 Å². The molecular weight excluding hydrogens is 222 g/mol. The van der Waals surface area contributed by atoms with Crippen molar-refractivity contribution in [1.29, 1.82) is 0 Å². The van der Waals surface area contributed by atoms with Crippen LogP contribution < -0.4 is 5.73 Å². The van der Waals surface area contributed by atoms with Crippen LogP contribution in [-0.4, -0.2) is 55.1 Å². The highest BCUT2D eigenvalue weighted by molar-refractivity contribution is 4.89. The van der Waals surface area contributed by atoms with Crippen molar-refractivity contribution in [1.82, 2.24) is 9.80 Å². The molecule has 1 saturated heterocycles. The van der Waals surface area contributed by atoms with Crippen molar-refractivity contribution >= 4 is 0 Å². The van der Waals surface area contributed by atoms with Crippen molar-refractivity contribution < 1.29 is 0 Å². The fraction of sp³-hybridized carbons (Fsp3) is 1.00. The summed E-state index contributed by atoms with van der Waals surface area (Å²) in [5.74, 6) is 0.742. The highest BCUT2D eigenvalue weighted by Crippen LogP contribution is 2.30. The van der Waals surface area contributed by atoms with Crippen LogP contribution in [0.1, 0.15) is 45.4 Å². The molecule has 2 fully saturated rings. The first-order valence-electron chi connectivity index (χ1n) is 7.90. The number of hydrogen-bond acceptors (Lipinski definition) is 3. The molecule has 3 atom stereocenters. The Hall–Kier alpha value is -0.120. The van der Waals surface area contributed by atoms with E-state index in [1.54, 1.807) is 0 Å². The first-order valence-corrected chi connectivity index (χ1v) is 7.90. The average Bonchev–Trinajstić information content (AvgIpc) is 2.40. The van der Waals surface area contributed by atoms with E-state index in [4.69, 9.17) is 5.73 Å². The predicted molar refractivity (Wildman–Crippen MR) is 77.7 cm³/mol. The maximum Gasteiger partial charge on any atom is 0.0226 e. The van der Waals surface area contributed by atoms with E-state index in [1.165, 1.54) is 58.2 Å². The first-order chi connectivity index (χ1) is 8.76. The van der Waals surface area contributed by atoms with Crippen LogP contribution >= 0.6 is 0 Å². The molecule has 0 aromatic carbocycles. The Labute approximate surface area is 113 Å². The number of nitrogens with zero attached hydrogens (tertiary/aromatic N) is 2. The number of hydrogen-bond donors (Lipinski definition) is 1. The molecule has 3 unspecified atom stereocenters. The summed E-state index contributed by atoms with van der Waals surface area (Å²) in [5, 5.41) is 0. The molecule has 0 bridgehead atoms. The van der Waals surface area contributed by atoms with Crippen LogP contribution in [0.2, 0.25) is 0 Å². The van der Waals surface area contributed by atoms with Crippen molar-refractivity contribution in [3.05, 3.63) is 0 Å². The molecule has 0 amide bonds. The summed E-state index contributed by atoms with van der Waals surface area (Å²) in [6.07, 6.45) is 8.25. The van der Waals surface area contributed by atoms with E-state index in [1.807, 2.05) is 0 Å². The number of likely N-dealkylation sites (tertiary alicyclic amines) is 1. The van der Waals surface area contributed by atoms with Gasteiger partial charge >= 0.3 is 0 Å². The van der Waals surface area contributed by atoms with Gasteiger partial charge in [0.1, 0.15) is 0 Å². The summed E-state index contributed by atoms with van der Waals surface area (Å²) in [4.78, 5) is 5.28. The lowest BCUT2D eigenvalue weighted by Crippen LogP contribution is -2.54. The predicted octanol–water partition coefficient (Wildman–Crippen LogP) is 1.92. The van der Waals surface area contributed by atoms with E-state index in [0.717, 1.165) is 24.5 Å². The Balaban J connectivity index is 2.01. The van der Waals surface area contributed by atoms with Crippen molar-refractivity contribution in [3.8, 4) is 0 Å². The van der Waals surface area contributed by atoms with E-state index in [9.17, 15) is 0 Å². The lowest BCUT2D eigenvalue weighted by molar-refractivity contribution is 0.0361. The van der Waals surface area contributed by atoms with Crippen molar-refractivity contribution in [2.45, 2.75) is 57.5 Å². The Morgan fingerprint density at radius 1 is 1.17 bits per heavy atom. The third-order valence-corrected chi connectivity index (χ3v) is 5.03. The average molecular weight is 253 g/mol. The van der Waals surface area contributed by atoms with Gasteiger partial charge in [-0.2, -0.15) is 0 Å². The number of piperidine rings is 1. The molecule has 0 spiro atoms. The minimum absolute atomic E-state index is 0.742. The Kier molecular flexibility index (Phi) is 5.46. The number of rotatable bonds is 4. The third-order valence-electron chi connectivity index (χ3n) is 5.03.